The van der Waals surface area contributed by atoms with E-state index in [4.69, 9.17) is 4.74 Å². The average molecular weight is 428 g/mol. The number of benzene rings is 2. The van der Waals surface area contributed by atoms with Gasteiger partial charge in [0.25, 0.3) is 5.91 Å². The number of carbonyl (C=O) groups is 1. The molecule has 0 bridgehead atoms. The fourth-order valence-corrected chi connectivity index (χ4v) is 4.55. The monoisotopic (exact) mass is 428 g/mol. The standard InChI is InChI=1S/C19H19F3N2O4S/c1-2-28-15-6-4-3-5-13(15)19(25)23-9-11-24(12-10-23)29(26,27)16-8-7-14(20)17(21)18(16)22/h3-8H,2,9-12H2,1H3. The van der Waals surface area contributed by atoms with Crippen LogP contribution in [0.15, 0.2) is 41.3 Å². The van der Waals surface area contributed by atoms with E-state index in [1.54, 1.807) is 31.2 Å². The van der Waals surface area contributed by atoms with E-state index in [0.717, 1.165) is 4.31 Å². The van der Waals surface area contributed by atoms with E-state index in [-0.39, 0.29) is 32.1 Å². The molecule has 0 atom stereocenters. The Hall–Kier alpha value is -2.59. The maximum absolute atomic E-state index is 14.0. The molecule has 0 saturated carbocycles. The van der Waals surface area contributed by atoms with Crippen molar-refractivity contribution in [2.24, 2.45) is 0 Å². The number of halogens is 3. The number of hydrogen-bond acceptors (Lipinski definition) is 4. The third-order valence-electron chi connectivity index (χ3n) is 4.56. The van der Waals surface area contributed by atoms with Crippen LogP contribution in [-0.4, -0.2) is 56.3 Å². The van der Waals surface area contributed by atoms with Crippen molar-refractivity contribution in [1.82, 2.24) is 9.21 Å². The van der Waals surface area contributed by atoms with Crippen molar-refractivity contribution in [1.29, 1.82) is 0 Å². The van der Waals surface area contributed by atoms with Gasteiger partial charge >= 0.3 is 0 Å². The molecule has 1 fully saturated rings. The van der Waals surface area contributed by atoms with Crippen molar-refractivity contribution in [2.75, 3.05) is 32.8 Å². The fraction of sp³-hybridized carbons (Fsp3) is 0.316. The van der Waals surface area contributed by atoms with Crippen LogP contribution >= 0.6 is 0 Å². The quantitative estimate of drug-likeness (QED) is 0.687. The van der Waals surface area contributed by atoms with E-state index in [1.165, 1.54) is 4.90 Å². The Labute approximate surface area is 166 Å². The molecule has 3 rings (SSSR count). The number of sulfonamides is 1. The van der Waals surface area contributed by atoms with Gasteiger partial charge in [-0.1, -0.05) is 12.1 Å². The van der Waals surface area contributed by atoms with Crippen molar-refractivity contribution < 1.29 is 31.1 Å². The van der Waals surface area contributed by atoms with E-state index in [0.29, 0.717) is 30.1 Å². The first-order chi connectivity index (χ1) is 13.8. The summed E-state index contributed by atoms with van der Waals surface area (Å²) in [6.07, 6.45) is 0. The van der Waals surface area contributed by atoms with Crippen LogP contribution in [0.5, 0.6) is 5.75 Å². The first-order valence-corrected chi connectivity index (χ1v) is 10.4. The Balaban J connectivity index is 1.75. The Kier molecular flexibility index (Phi) is 6.13. The predicted molar refractivity (Wildman–Crippen MR) is 98.6 cm³/mol. The molecule has 0 radical (unpaired) electrons. The number of para-hydroxylation sites is 1. The molecular weight excluding hydrogens is 409 g/mol. The van der Waals surface area contributed by atoms with E-state index in [1.807, 2.05) is 0 Å². The zero-order valence-corrected chi connectivity index (χ0v) is 16.4. The lowest BCUT2D eigenvalue weighted by Crippen LogP contribution is -2.50. The van der Waals surface area contributed by atoms with Gasteiger partial charge in [0.15, 0.2) is 17.5 Å². The van der Waals surface area contributed by atoms with E-state index in [2.05, 4.69) is 0 Å². The minimum atomic E-state index is -4.37. The summed E-state index contributed by atoms with van der Waals surface area (Å²) < 4.78 is 72.2. The molecule has 0 N–H and O–H groups in total. The maximum Gasteiger partial charge on any atom is 0.257 e. The normalized spacial score (nSPS) is 15.4. The second-order valence-corrected chi connectivity index (χ2v) is 8.21. The molecule has 156 valence electrons. The van der Waals surface area contributed by atoms with Crippen LogP contribution in [-0.2, 0) is 10.0 Å². The van der Waals surface area contributed by atoms with Crippen LogP contribution in [0, 0.1) is 17.5 Å². The summed E-state index contributed by atoms with van der Waals surface area (Å²) in [6.45, 7) is 2.08. The summed E-state index contributed by atoms with van der Waals surface area (Å²) in [5.74, 6) is -4.95. The van der Waals surface area contributed by atoms with Crippen molar-refractivity contribution in [3.63, 3.8) is 0 Å². The highest BCUT2D eigenvalue weighted by atomic mass is 32.2. The molecular formula is C19H19F3N2O4S. The van der Waals surface area contributed by atoms with Gasteiger partial charge in [0.05, 0.1) is 12.2 Å². The predicted octanol–water partition coefficient (Wildman–Crippen LogP) is 2.65. The van der Waals surface area contributed by atoms with Crippen molar-refractivity contribution in [3.05, 3.63) is 59.4 Å². The molecule has 1 aliphatic heterocycles. The summed E-state index contributed by atoms with van der Waals surface area (Å²) in [4.78, 5) is 13.3. The highest BCUT2D eigenvalue weighted by Crippen LogP contribution is 2.25. The number of carbonyl (C=O) groups excluding carboxylic acids is 1. The third-order valence-corrected chi connectivity index (χ3v) is 6.48. The highest BCUT2D eigenvalue weighted by Gasteiger charge is 2.34. The van der Waals surface area contributed by atoms with Gasteiger partial charge < -0.3 is 9.64 Å². The SMILES string of the molecule is CCOc1ccccc1C(=O)N1CCN(S(=O)(=O)c2ccc(F)c(F)c2F)CC1. The molecule has 1 amide bonds. The number of nitrogens with zero attached hydrogens (tertiary/aromatic N) is 2. The molecule has 6 nitrogen and oxygen atoms in total. The Morgan fingerprint density at radius 3 is 2.31 bits per heavy atom. The van der Waals surface area contributed by atoms with Crippen LogP contribution in [0.4, 0.5) is 13.2 Å². The summed E-state index contributed by atoms with van der Waals surface area (Å²) in [5, 5.41) is 0. The van der Waals surface area contributed by atoms with Crippen molar-refractivity contribution >= 4 is 15.9 Å². The minimum absolute atomic E-state index is 0.0593. The highest BCUT2D eigenvalue weighted by molar-refractivity contribution is 7.89. The molecule has 1 heterocycles. The number of ether oxygens (including phenoxy) is 1. The number of hydrogen-bond donors (Lipinski definition) is 0. The van der Waals surface area contributed by atoms with Gasteiger partial charge in [-0.05, 0) is 31.2 Å². The summed E-state index contributed by atoms with van der Waals surface area (Å²) in [7, 11) is -4.37. The van der Waals surface area contributed by atoms with Crippen LogP contribution in [0.2, 0.25) is 0 Å². The lowest BCUT2D eigenvalue weighted by atomic mass is 10.1. The summed E-state index contributed by atoms with van der Waals surface area (Å²) >= 11 is 0. The smallest absolute Gasteiger partial charge is 0.257 e. The molecule has 29 heavy (non-hydrogen) atoms. The van der Waals surface area contributed by atoms with Gasteiger partial charge in [-0.15, -0.1) is 0 Å². The first kappa shape index (κ1) is 21.1. The van der Waals surface area contributed by atoms with Crippen molar-refractivity contribution in [3.8, 4) is 5.75 Å². The van der Waals surface area contributed by atoms with Gasteiger partial charge in [0, 0.05) is 26.2 Å². The number of piperazine rings is 1. The van der Waals surface area contributed by atoms with Gasteiger partial charge in [-0.25, -0.2) is 21.6 Å². The maximum atomic E-state index is 14.0. The van der Waals surface area contributed by atoms with Gasteiger partial charge in [-0.2, -0.15) is 4.31 Å². The second kappa shape index (κ2) is 8.42. The zero-order valence-electron chi connectivity index (χ0n) is 15.6. The third kappa shape index (κ3) is 4.08. The number of amides is 1. The lowest BCUT2D eigenvalue weighted by Gasteiger charge is -2.34. The van der Waals surface area contributed by atoms with E-state index in [9.17, 15) is 26.4 Å². The van der Waals surface area contributed by atoms with Gasteiger partial charge in [-0.3, -0.25) is 4.79 Å². The molecule has 10 heteroatoms. The lowest BCUT2D eigenvalue weighted by molar-refractivity contribution is 0.0693. The Morgan fingerprint density at radius 2 is 1.66 bits per heavy atom. The van der Waals surface area contributed by atoms with Crippen molar-refractivity contribution in [2.45, 2.75) is 11.8 Å². The van der Waals surface area contributed by atoms with Gasteiger partial charge in [0.1, 0.15) is 10.6 Å². The number of rotatable bonds is 5. The molecule has 1 saturated heterocycles. The molecule has 1 aliphatic rings. The molecule has 2 aromatic carbocycles. The summed E-state index contributed by atoms with van der Waals surface area (Å²) in [6, 6.07) is 7.98. The topological polar surface area (TPSA) is 66.9 Å². The molecule has 0 aliphatic carbocycles. The van der Waals surface area contributed by atoms with Crippen LogP contribution < -0.4 is 4.74 Å². The molecule has 0 aromatic heterocycles. The Morgan fingerprint density at radius 1 is 1.00 bits per heavy atom. The molecule has 0 unspecified atom stereocenters. The molecule has 2 aromatic rings. The average Bonchev–Trinajstić information content (AvgIpc) is 2.72. The minimum Gasteiger partial charge on any atom is -0.493 e. The van der Waals surface area contributed by atoms with Crippen LogP contribution in [0.25, 0.3) is 0 Å². The molecule has 0 spiro atoms. The fourth-order valence-electron chi connectivity index (χ4n) is 3.07. The van der Waals surface area contributed by atoms with E-state index < -0.39 is 32.4 Å². The van der Waals surface area contributed by atoms with Crippen LogP contribution in [0.3, 0.4) is 0 Å². The van der Waals surface area contributed by atoms with Gasteiger partial charge in [0.2, 0.25) is 10.0 Å². The second-order valence-electron chi connectivity index (χ2n) is 6.30. The zero-order chi connectivity index (χ0) is 21.2. The Bertz CT molecular complexity index is 1020. The summed E-state index contributed by atoms with van der Waals surface area (Å²) in [5.41, 5.74) is 0.359. The largest absolute Gasteiger partial charge is 0.493 e. The van der Waals surface area contributed by atoms with Crippen LogP contribution in [0.1, 0.15) is 17.3 Å². The first-order valence-electron chi connectivity index (χ1n) is 8.92. The van der Waals surface area contributed by atoms with E-state index >= 15 is 0 Å².